The molecule has 1 heterocycles. The van der Waals surface area contributed by atoms with Crippen LogP contribution < -0.4 is 10.1 Å². The number of allylic oxidation sites excluding steroid dienone is 3. The SMILES string of the molecule is C/C=C/C(F)(F)Oc1ccc(/C2=C/C(C(=O)N[C@H]3CC[C@H]3O)=N/C(c3cccc(F)c3)=C\CC2)cc1. The number of amides is 1. The number of ether oxygens (including phenoxy) is 1. The standard InChI is InChI=1S/C28H27F3N2O3/c1-2-15-28(30,31)36-22-11-9-18(10-12-22)19-5-4-8-23(20-6-3-7-21(29)16-20)32-25(17-19)27(35)33-24-13-14-26(24)34/h2-3,6-12,15-17,24,26,34H,4-5,13-14H2,1H3,(H,33,35)/b15-2+,19-17+,23-8-,32-25-/t24-,26+/m0/s1. The molecular formula is C28H27F3N2O3. The molecule has 0 radical (unpaired) electrons. The quantitative estimate of drug-likeness (QED) is 0.485. The molecular weight excluding hydrogens is 469 g/mol. The fourth-order valence-electron chi connectivity index (χ4n) is 4.00. The number of hydrogen-bond donors (Lipinski definition) is 2. The molecule has 2 aromatic carbocycles. The second-order valence-electron chi connectivity index (χ2n) is 8.72. The van der Waals surface area contributed by atoms with Crippen molar-refractivity contribution in [2.75, 3.05) is 0 Å². The Hall–Kier alpha value is -3.65. The fourth-order valence-corrected chi connectivity index (χ4v) is 4.00. The Morgan fingerprint density at radius 3 is 2.58 bits per heavy atom. The van der Waals surface area contributed by atoms with Gasteiger partial charge in [-0.1, -0.05) is 36.4 Å². The number of nitrogens with one attached hydrogen (secondary N) is 1. The van der Waals surface area contributed by atoms with Gasteiger partial charge in [0.2, 0.25) is 0 Å². The average Bonchev–Trinajstić information content (AvgIpc) is 2.82. The number of nitrogens with zero attached hydrogens (tertiary/aromatic N) is 1. The number of carbonyl (C=O) groups excluding carboxylic acids is 1. The number of aliphatic hydroxyl groups excluding tert-OH is 1. The maximum absolute atomic E-state index is 13.8. The van der Waals surface area contributed by atoms with E-state index in [1.807, 2.05) is 6.08 Å². The third-order valence-electron chi connectivity index (χ3n) is 6.05. The molecule has 1 amide bonds. The van der Waals surface area contributed by atoms with Crippen molar-refractivity contribution in [3.05, 3.63) is 89.8 Å². The van der Waals surface area contributed by atoms with Gasteiger partial charge in [0.1, 0.15) is 17.3 Å². The average molecular weight is 497 g/mol. The summed E-state index contributed by atoms with van der Waals surface area (Å²) in [5, 5.41) is 12.7. The van der Waals surface area contributed by atoms with Crippen molar-refractivity contribution in [2.45, 2.75) is 50.9 Å². The number of aliphatic imine (C=N–C) groups is 1. The highest BCUT2D eigenvalue weighted by Gasteiger charge is 2.31. The highest BCUT2D eigenvalue weighted by atomic mass is 19.3. The van der Waals surface area contributed by atoms with Crippen LogP contribution in [0.25, 0.3) is 11.3 Å². The van der Waals surface area contributed by atoms with Crippen LogP contribution in [-0.4, -0.2) is 35.0 Å². The second-order valence-corrected chi connectivity index (χ2v) is 8.72. The van der Waals surface area contributed by atoms with Gasteiger partial charge in [0, 0.05) is 11.6 Å². The molecule has 8 heteroatoms. The zero-order valence-corrected chi connectivity index (χ0v) is 19.8. The van der Waals surface area contributed by atoms with Crippen LogP contribution >= 0.6 is 0 Å². The molecule has 5 nitrogen and oxygen atoms in total. The first-order valence-corrected chi connectivity index (χ1v) is 11.8. The molecule has 2 aliphatic rings. The maximum atomic E-state index is 13.8. The minimum Gasteiger partial charge on any atom is -0.429 e. The van der Waals surface area contributed by atoms with E-state index in [2.05, 4.69) is 10.3 Å². The molecule has 188 valence electrons. The van der Waals surface area contributed by atoms with Crippen LogP contribution in [0.5, 0.6) is 5.75 Å². The molecule has 2 N–H and O–H groups in total. The van der Waals surface area contributed by atoms with E-state index >= 15 is 0 Å². The number of alkyl halides is 2. The lowest BCUT2D eigenvalue weighted by molar-refractivity contribution is -0.131. The summed E-state index contributed by atoms with van der Waals surface area (Å²) in [5.41, 5.74) is 2.63. The Balaban J connectivity index is 1.64. The van der Waals surface area contributed by atoms with Crippen LogP contribution in [-0.2, 0) is 4.79 Å². The maximum Gasteiger partial charge on any atom is 0.419 e. The van der Waals surface area contributed by atoms with Gasteiger partial charge in [0.05, 0.1) is 17.8 Å². The van der Waals surface area contributed by atoms with Crippen molar-refractivity contribution in [3.63, 3.8) is 0 Å². The molecule has 0 unspecified atom stereocenters. The monoisotopic (exact) mass is 496 g/mol. The Bertz CT molecular complexity index is 1230. The lowest BCUT2D eigenvalue weighted by Crippen LogP contribution is -2.51. The highest BCUT2D eigenvalue weighted by molar-refractivity contribution is 6.45. The van der Waals surface area contributed by atoms with Crippen LogP contribution in [0, 0.1) is 5.82 Å². The minimum absolute atomic E-state index is 0.00665. The van der Waals surface area contributed by atoms with Gasteiger partial charge in [0.15, 0.2) is 0 Å². The molecule has 1 aliphatic heterocycles. The summed E-state index contributed by atoms with van der Waals surface area (Å²) in [4.78, 5) is 17.7. The van der Waals surface area contributed by atoms with Crippen LogP contribution in [0.15, 0.2) is 77.8 Å². The van der Waals surface area contributed by atoms with Crippen molar-refractivity contribution in [1.82, 2.24) is 5.32 Å². The predicted molar refractivity (Wildman–Crippen MR) is 133 cm³/mol. The molecule has 1 aliphatic carbocycles. The molecule has 36 heavy (non-hydrogen) atoms. The zero-order valence-electron chi connectivity index (χ0n) is 19.8. The first-order chi connectivity index (χ1) is 17.2. The van der Waals surface area contributed by atoms with Crippen LogP contribution in [0.4, 0.5) is 13.2 Å². The van der Waals surface area contributed by atoms with Crippen molar-refractivity contribution < 1.29 is 27.8 Å². The van der Waals surface area contributed by atoms with Gasteiger partial charge in [-0.05, 0) is 74.1 Å². The molecule has 1 saturated carbocycles. The second kappa shape index (κ2) is 11.0. The lowest BCUT2D eigenvalue weighted by atomic mass is 9.89. The summed E-state index contributed by atoms with van der Waals surface area (Å²) in [7, 11) is 0. The van der Waals surface area contributed by atoms with Gasteiger partial charge < -0.3 is 15.2 Å². The van der Waals surface area contributed by atoms with Crippen molar-refractivity contribution in [1.29, 1.82) is 0 Å². The summed E-state index contributed by atoms with van der Waals surface area (Å²) in [6.07, 6.45) is 3.74. The van der Waals surface area contributed by atoms with Gasteiger partial charge in [-0.3, -0.25) is 4.79 Å². The van der Waals surface area contributed by atoms with Gasteiger partial charge in [0.25, 0.3) is 5.91 Å². The van der Waals surface area contributed by atoms with Gasteiger partial charge >= 0.3 is 6.11 Å². The van der Waals surface area contributed by atoms with E-state index in [1.165, 1.54) is 37.3 Å². The number of hydrogen-bond acceptors (Lipinski definition) is 4. The van der Waals surface area contributed by atoms with Crippen LogP contribution in [0.3, 0.4) is 0 Å². The summed E-state index contributed by atoms with van der Waals surface area (Å²) in [6.45, 7) is 1.48. The lowest BCUT2D eigenvalue weighted by Gasteiger charge is -2.32. The Kier molecular flexibility index (Phi) is 7.74. The Morgan fingerprint density at radius 2 is 1.94 bits per heavy atom. The summed E-state index contributed by atoms with van der Waals surface area (Å²) in [6, 6.07) is 11.8. The molecule has 0 bridgehead atoms. The van der Waals surface area contributed by atoms with Gasteiger partial charge in [-0.25, -0.2) is 9.38 Å². The van der Waals surface area contributed by atoms with Crippen molar-refractivity contribution in [2.24, 2.45) is 4.99 Å². The zero-order chi connectivity index (χ0) is 25.7. The van der Waals surface area contributed by atoms with Crippen molar-refractivity contribution >= 4 is 22.9 Å². The van der Waals surface area contributed by atoms with E-state index in [0.717, 1.165) is 11.1 Å². The van der Waals surface area contributed by atoms with Crippen LogP contribution in [0.2, 0.25) is 0 Å². The third kappa shape index (κ3) is 6.31. The molecule has 0 spiro atoms. The first kappa shape index (κ1) is 25.4. The number of carbonyl (C=O) groups is 1. The molecule has 0 saturated heterocycles. The fraction of sp³-hybridized carbons (Fsp3) is 0.286. The van der Waals surface area contributed by atoms with Crippen molar-refractivity contribution in [3.8, 4) is 5.75 Å². The van der Waals surface area contributed by atoms with E-state index < -0.39 is 23.9 Å². The minimum atomic E-state index is -3.42. The summed E-state index contributed by atoms with van der Waals surface area (Å²) < 4.78 is 46.1. The summed E-state index contributed by atoms with van der Waals surface area (Å²) in [5.74, 6) is -0.855. The molecule has 0 aromatic heterocycles. The third-order valence-corrected chi connectivity index (χ3v) is 6.05. The molecule has 1 fully saturated rings. The topological polar surface area (TPSA) is 70.9 Å². The number of aliphatic hydroxyl groups is 1. The van der Waals surface area contributed by atoms with E-state index in [1.54, 1.807) is 30.3 Å². The first-order valence-electron chi connectivity index (χ1n) is 11.8. The van der Waals surface area contributed by atoms with E-state index in [4.69, 9.17) is 4.74 Å². The number of halogens is 3. The normalized spacial score (nSPS) is 24.8. The largest absolute Gasteiger partial charge is 0.429 e. The Labute approximate surface area is 207 Å². The van der Waals surface area contributed by atoms with E-state index in [-0.39, 0.29) is 17.5 Å². The van der Waals surface area contributed by atoms with Gasteiger partial charge in [-0.2, -0.15) is 8.78 Å². The summed E-state index contributed by atoms with van der Waals surface area (Å²) >= 11 is 0. The van der Waals surface area contributed by atoms with E-state index in [9.17, 15) is 23.1 Å². The van der Waals surface area contributed by atoms with Gasteiger partial charge in [-0.15, -0.1) is 0 Å². The van der Waals surface area contributed by atoms with E-state index in [0.29, 0.717) is 43.0 Å². The highest BCUT2D eigenvalue weighted by Crippen LogP contribution is 2.29. The number of rotatable bonds is 7. The molecule has 4 rings (SSSR count). The molecule has 2 aromatic rings. The predicted octanol–water partition coefficient (Wildman–Crippen LogP) is 5.67. The smallest absolute Gasteiger partial charge is 0.419 e. The number of benzene rings is 2. The Morgan fingerprint density at radius 1 is 1.17 bits per heavy atom. The van der Waals surface area contributed by atoms with Crippen LogP contribution in [0.1, 0.15) is 43.7 Å². The molecule has 2 atom stereocenters.